The second-order valence-corrected chi connectivity index (χ2v) is 8.22. The summed E-state index contributed by atoms with van der Waals surface area (Å²) in [6, 6.07) is 16.5. The Kier molecular flexibility index (Phi) is 7.61. The SMILES string of the molecule is O=C(COc1c(Cl)cc(Cl)cc1Br)Nc1cccc(C(=O)Nc2cccc(Cl)c2)c1. The van der Waals surface area contributed by atoms with E-state index in [4.69, 9.17) is 39.5 Å². The Bertz CT molecular complexity index is 1090. The highest BCUT2D eigenvalue weighted by Gasteiger charge is 2.12. The molecule has 30 heavy (non-hydrogen) atoms. The maximum Gasteiger partial charge on any atom is 0.262 e. The zero-order valence-corrected chi connectivity index (χ0v) is 19.1. The molecule has 0 bridgehead atoms. The maximum absolute atomic E-state index is 12.5. The Hall–Kier alpha value is -2.25. The van der Waals surface area contributed by atoms with Crippen LogP contribution < -0.4 is 15.4 Å². The number of hydrogen-bond acceptors (Lipinski definition) is 3. The molecule has 0 atom stereocenters. The molecule has 9 heteroatoms. The normalized spacial score (nSPS) is 10.4. The summed E-state index contributed by atoms with van der Waals surface area (Å²) in [7, 11) is 0. The third-order valence-electron chi connectivity index (χ3n) is 3.80. The van der Waals surface area contributed by atoms with Crippen LogP contribution in [0, 0.1) is 0 Å². The number of carbonyl (C=O) groups excluding carboxylic acids is 2. The fraction of sp³-hybridized carbons (Fsp3) is 0.0476. The van der Waals surface area contributed by atoms with E-state index in [2.05, 4.69) is 26.6 Å². The standard InChI is InChI=1S/C21H14BrCl3N2O3/c22-17-9-14(24)10-18(25)20(17)30-11-19(28)26-15-5-1-3-12(7-15)21(29)27-16-6-2-4-13(23)8-16/h1-10H,11H2,(H,26,28)(H,27,29). The van der Waals surface area contributed by atoms with Gasteiger partial charge in [0.25, 0.3) is 11.8 Å². The van der Waals surface area contributed by atoms with Crippen LogP contribution in [-0.2, 0) is 4.79 Å². The average molecular weight is 529 g/mol. The number of benzene rings is 3. The Morgan fingerprint density at radius 1 is 0.867 bits per heavy atom. The minimum atomic E-state index is -0.416. The Morgan fingerprint density at radius 3 is 2.27 bits per heavy atom. The number of halogens is 4. The molecule has 0 aliphatic rings. The highest BCUT2D eigenvalue weighted by Crippen LogP contribution is 2.36. The number of rotatable bonds is 6. The first-order chi connectivity index (χ1) is 14.3. The molecule has 2 N–H and O–H groups in total. The molecule has 5 nitrogen and oxygen atoms in total. The third-order valence-corrected chi connectivity index (χ3v) is 5.12. The Balaban J connectivity index is 1.62. The van der Waals surface area contributed by atoms with Crippen molar-refractivity contribution in [2.24, 2.45) is 0 Å². The summed E-state index contributed by atoms with van der Waals surface area (Å²) in [6.45, 7) is -0.279. The van der Waals surface area contributed by atoms with E-state index in [1.165, 1.54) is 6.07 Å². The Morgan fingerprint density at radius 2 is 1.57 bits per heavy atom. The van der Waals surface area contributed by atoms with E-state index in [-0.39, 0.29) is 17.5 Å². The van der Waals surface area contributed by atoms with Gasteiger partial charge in [0.2, 0.25) is 0 Å². The van der Waals surface area contributed by atoms with Crippen molar-refractivity contribution in [2.45, 2.75) is 0 Å². The smallest absolute Gasteiger partial charge is 0.262 e. The van der Waals surface area contributed by atoms with Gasteiger partial charge in [-0.3, -0.25) is 9.59 Å². The minimum absolute atomic E-state index is 0.279. The monoisotopic (exact) mass is 526 g/mol. The molecule has 0 saturated carbocycles. The quantitative estimate of drug-likeness (QED) is 0.375. The predicted octanol–water partition coefficient (Wildman–Crippen LogP) is 6.68. The van der Waals surface area contributed by atoms with E-state index in [1.807, 2.05) is 0 Å². The molecule has 0 fully saturated rings. The number of anilines is 2. The number of ether oxygens (including phenoxy) is 1. The molecule has 3 aromatic carbocycles. The highest BCUT2D eigenvalue weighted by atomic mass is 79.9. The minimum Gasteiger partial charge on any atom is -0.481 e. The van der Waals surface area contributed by atoms with Gasteiger partial charge in [-0.1, -0.05) is 46.9 Å². The summed E-state index contributed by atoms with van der Waals surface area (Å²) in [5.41, 5.74) is 1.39. The zero-order chi connectivity index (χ0) is 21.7. The van der Waals surface area contributed by atoms with Crippen molar-refractivity contribution in [3.63, 3.8) is 0 Å². The van der Waals surface area contributed by atoms with E-state index in [0.29, 0.717) is 37.2 Å². The second-order valence-electron chi connectivity index (χ2n) is 6.08. The van der Waals surface area contributed by atoms with E-state index in [9.17, 15) is 9.59 Å². The van der Waals surface area contributed by atoms with Crippen molar-refractivity contribution in [1.82, 2.24) is 0 Å². The van der Waals surface area contributed by atoms with Crippen LogP contribution in [0.25, 0.3) is 0 Å². The fourth-order valence-corrected chi connectivity index (χ4v) is 4.07. The lowest BCUT2D eigenvalue weighted by atomic mass is 10.2. The van der Waals surface area contributed by atoms with E-state index >= 15 is 0 Å². The first-order valence-corrected chi connectivity index (χ1v) is 10.5. The second kappa shape index (κ2) is 10.2. The lowest BCUT2D eigenvalue weighted by Gasteiger charge is -2.11. The van der Waals surface area contributed by atoms with Gasteiger partial charge in [0.05, 0.1) is 9.50 Å². The summed E-state index contributed by atoms with van der Waals surface area (Å²) in [6.07, 6.45) is 0. The van der Waals surface area contributed by atoms with Gasteiger partial charge in [0, 0.05) is 27.0 Å². The van der Waals surface area contributed by atoms with Crippen LogP contribution in [0.5, 0.6) is 5.75 Å². The number of hydrogen-bond donors (Lipinski definition) is 2. The van der Waals surface area contributed by atoms with Crippen molar-refractivity contribution in [3.8, 4) is 5.75 Å². The van der Waals surface area contributed by atoms with Gasteiger partial charge >= 0.3 is 0 Å². The van der Waals surface area contributed by atoms with Gasteiger partial charge in [0.1, 0.15) is 0 Å². The van der Waals surface area contributed by atoms with Gasteiger partial charge in [0.15, 0.2) is 12.4 Å². The largest absolute Gasteiger partial charge is 0.481 e. The van der Waals surface area contributed by atoms with Crippen molar-refractivity contribution in [3.05, 3.63) is 85.8 Å². The van der Waals surface area contributed by atoms with Crippen molar-refractivity contribution >= 4 is 73.9 Å². The van der Waals surface area contributed by atoms with Crippen molar-refractivity contribution < 1.29 is 14.3 Å². The van der Waals surface area contributed by atoms with Gasteiger partial charge in [-0.2, -0.15) is 0 Å². The molecule has 0 unspecified atom stereocenters. The number of amides is 2. The molecule has 0 aromatic heterocycles. The van der Waals surface area contributed by atoms with Crippen LogP contribution in [-0.4, -0.2) is 18.4 Å². The maximum atomic E-state index is 12.5. The molecule has 0 saturated heterocycles. The predicted molar refractivity (Wildman–Crippen MR) is 124 cm³/mol. The highest BCUT2D eigenvalue weighted by molar-refractivity contribution is 9.10. The molecule has 0 radical (unpaired) electrons. The van der Waals surface area contributed by atoms with E-state index < -0.39 is 5.91 Å². The van der Waals surface area contributed by atoms with Crippen LogP contribution in [0.1, 0.15) is 10.4 Å². The van der Waals surface area contributed by atoms with E-state index in [1.54, 1.807) is 54.6 Å². The average Bonchev–Trinajstić information content (AvgIpc) is 2.67. The lowest BCUT2D eigenvalue weighted by Crippen LogP contribution is -2.21. The van der Waals surface area contributed by atoms with Crippen LogP contribution in [0.4, 0.5) is 11.4 Å². The first-order valence-electron chi connectivity index (χ1n) is 8.56. The van der Waals surface area contributed by atoms with Crippen LogP contribution in [0.3, 0.4) is 0 Å². The topological polar surface area (TPSA) is 67.4 Å². The summed E-state index contributed by atoms with van der Waals surface area (Å²) < 4.78 is 6.02. The van der Waals surface area contributed by atoms with Crippen molar-refractivity contribution in [2.75, 3.05) is 17.2 Å². The van der Waals surface area contributed by atoms with Crippen LogP contribution in [0.2, 0.25) is 15.1 Å². The number of nitrogens with one attached hydrogen (secondary N) is 2. The first kappa shape index (κ1) is 22.4. The summed E-state index contributed by atoms with van der Waals surface area (Å²) >= 11 is 21.2. The van der Waals surface area contributed by atoms with Crippen LogP contribution >= 0.6 is 50.7 Å². The molecule has 0 spiro atoms. The molecule has 0 aliphatic carbocycles. The van der Waals surface area contributed by atoms with Gasteiger partial charge < -0.3 is 15.4 Å². The molecule has 3 rings (SSSR count). The summed E-state index contributed by atoms with van der Waals surface area (Å²) in [5, 5.41) is 6.67. The van der Waals surface area contributed by atoms with Gasteiger partial charge in [-0.25, -0.2) is 0 Å². The van der Waals surface area contributed by atoms with Crippen molar-refractivity contribution in [1.29, 1.82) is 0 Å². The van der Waals surface area contributed by atoms with Gasteiger partial charge in [-0.05, 0) is 64.5 Å². The third kappa shape index (κ3) is 6.12. The lowest BCUT2D eigenvalue weighted by molar-refractivity contribution is -0.118. The molecular weight excluding hydrogens is 515 g/mol. The summed E-state index contributed by atoms with van der Waals surface area (Å²) in [4.78, 5) is 24.7. The molecule has 2 amide bonds. The fourth-order valence-electron chi connectivity index (χ4n) is 2.51. The van der Waals surface area contributed by atoms with Gasteiger partial charge in [-0.15, -0.1) is 0 Å². The zero-order valence-electron chi connectivity index (χ0n) is 15.2. The Labute approximate surface area is 196 Å². The van der Waals surface area contributed by atoms with Crippen LogP contribution in [0.15, 0.2) is 65.1 Å². The van der Waals surface area contributed by atoms with E-state index in [0.717, 1.165) is 0 Å². The molecular formula is C21H14BrCl3N2O3. The number of carbonyl (C=O) groups is 2. The summed E-state index contributed by atoms with van der Waals surface area (Å²) in [5.74, 6) is -0.437. The molecule has 3 aromatic rings. The molecule has 154 valence electrons. The molecule has 0 heterocycles. The molecule has 0 aliphatic heterocycles.